The van der Waals surface area contributed by atoms with E-state index >= 15 is 0 Å². The van der Waals surface area contributed by atoms with E-state index in [1.165, 1.54) is 30.5 Å². The average Bonchev–Trinajstić information content (AvgIpc) is 2.70. The molecule has 0 unspecified atom stereocenters. The topological polar surface area (TPSA) is 80.3 Å². The third-order valence-corrected chi connectivity index (χ3v) is 3.81. The first-order chi connectivity index (χ1) is 13.6. The van der Waals surface area contributed by atoms with Crippen LogP contribution in [-0.2, 0) is 4.74 Å². The summed E-state index contributed by atoms with van der Waals surface area (Å²) < 4.78 is 18.0. The molecule has 1 heterocycles. The Balaban J connectivity index is 1.78. The van der Waals surface area contributed by atoms with E-state index < -0.39 is 5.97 Å². The number of para-hydroxylation sites is 1. The molecule has 2 N–H and O–H groups in total. The van der Waals surface area contributed by atoms with E-state index in [1.54, 1.807) is 43.3 Å². The summed E-state index contributed by atoms with van der Waals surface area (Å²) in [6.07, 6.45) is 1.48. The van der Waals surface area contributed by atoms with Crippen molar-refractivity contribution in [1.82, 2.24) is 4.98 Å². The summed E-state index contributed by atoms with van der Waals surface area (Å²) in [6.45, 7) is 2.00. The predicted molar refractivity (Wildman–Crippen MR) is 104 cm³/mol. The Hall–Kier alpha value is -3.74. The molecule has 1 amide bonds. The van der Waals surface area contributed by atoms with Gasteiger partial charge < -0.3 is 15.4 Å². The van der Waals surface area contributed by atoms with Crippen molar-refractivity contribution in [2.24, 2.45) is 0 Å². The Morgan fingerprint density at radius 3 is 2.57 bits per heavy atom. The van der Waals surface area contributed by atoms with Gasteiger partial charge in [0.25, 0.3) is 5.91 Å². The quantitative estimate of drug-likeness (QED) is 0.621. The Labute approximate surface area is 161 Å². The fourth-order valence-electron chi connectivity index (χ4n) is 2.49. The van der Waals surface area contributed by atoms with Gasteiger partial charge in [-0.15, -0.1) is 0 Å². The number of halogens is 1. The highest BCUT2D eigenvalue weighted by Gasteiger charge is 2.13. The van der Waals surface area contributed by atoms with Crippen LogP contribution in [0, 0.1) is 5.82 Å². The van der Waals surface area contributed by atoms with Crippen molar-refractivity contribution < 1.29 is 18.7 Å². The number of aromatic nitrogens is 1. The number of carbonyl (C=O) groups excluding carboxylic acids is 2. The SMILES string of the molecule is CCOC(=O)c1ccccc1Nc1cc(C(=O)Nc2ccc(F)cc2)ccn1. The molecule has 0 aliphatic carbocycles. The predicted octanol–water partition coefficient (Wildman–Crippen LogP) is 4.39. The number of carbonyl (C=O) groups is 2. The van der Waals surface area contributed by atoms with E-state index in [9.17, 15) is 14.0 Å². The third kappa shape index (κ3) is 4.70. The maximum absolute atomic E-state index is 13.0. The van der Waals surface area contributed by atoms with Crippen LogP contribution in [0.15, 0.2) is 66.9 Å². The molecule has 0 saturated carbocycles. The van der Waals surface area contributed by atoms with E-state index in [-0.39, 0.29) is 18.3 Å². The van der Waals surface area contributed by atoms with Crippen molar-refractivity contribution in [3.63, 3.8) is 0 Å². The first kappa shape index (κ1) is 19.0. The van der Waals surface area contributed by atoms with Gasteiger partial charge in [-0.05, 0) is 55.5 Å². The van der Waals surface area contributed by atoms with E-state index in [4.69, 9.17) is 4.74 Å². The standard InChI is InChI=1S/C21H18FN3O3/c1-2-28-21(27)17-5-3-4-6-18(17)25-19-13-14(11-12-23-19)20(26)24-16-9-7-15(22)8-10-16/h3-13H,2H2,1H3,(H,23,25)(H,24,26). The molecule has 0 radical (unpaired) electrons. The minimum absolute atomic E-state index is 0.268. The lowest BCUT2D eigenvalue weighted by Crippen LogP contribution is -2.13. The number of nitrogens with zero attached hydrogens (tertiary/aromatic N) is 1. The van der Waals surface area contributed by atoms with Gasteiger partial charge in [0.1, 0.15) is 11.6 Å². The number of amides is 1. The summed E-state index contributed by atoms with van der Waals surface area (Å²) in [5, 5.41) is 5.72. The van der Waals surface area contributed by atoms with Gasteiger partial charge in [0.2, 0.25) is 0 Å². The maximum Gasteiger partial charge on any atom is 0.340 e. The summed E-state index contributed by atoms with van der Waals surface area (Å²) in [6, 6.07) is 15.5. The highest BCUT2D eigenvalue weighted by atomic mass is 19.1. The lowest BCUT2D eigenvalue weighted by molar-refractivity contribution is 0.0527. The van der Waals surface area contributed by atoms with Crippen LogP contribution in [0.25, 0.3) is 0 Å². The summed E-state index contributed by atoms with van der Waals surface area (Å²) in [5.74, 6) is -0.802. The van der Waals surface area contributed by atoms with Crippen LogP contribution in [0.4, 0.5) is 21.6 Å². The zero-order valence-corrected chi connectivity index (χ0v) is 15.1. The molecule has 1 aromatic heterocycles. The van der Waals surface area contributed by atoms with E-state index in [0.717, 1.165) is 0 Å². The molecule has 0 bridgehead atoms. The number of nitrogens with one attached hydrogen (secondary N) is 2. The smallest absolute Gasteiger partial charge is 0.340 e. The second-order valence-electron chi connectivity index (χ2n) is 5.78. The Kier molecular flexibility index (Phi) is 5.96. The average molecular weight is 379 g/mol. The number of rotatable bonds is 6. The Morgan fingerprint density at radius 2 is 1.82 bits per heavy atom. The Morgan fingerprint density at radius 1 is 1.07 bits per heavy atom. The first-order valence-electron chi connectivity index (χ1n) is 8.63. The number of esters is 1. The molecular weight excluding hydrogens is 361 g/mol. The van der Waals surface area contributed by atoms with Gasteiger partial charge >= 0.3 is 5.97 Å². The van der Waals surface area contributed by atoms with Gasteiger partial charge in [-0.3, -0.25) is 4.79 Å². The largest absolute Gasteiger partial charge is 0.462 e. The minimum Gasteiger partial charge on any atom is -0.462 e. The number of anilines is 3. The zero-order valence-electron chi connectivity index (χ0n) is 15.1. The second-order valence-corrected chi connectivity index (χ2v) is 5.78. The lowest BCUT2D eigenvalue weighted by atomic mass is 10.1. The monoisotopic (exact) mass is 379 g/mol. The molecule has 0 spiro atoms. The number of hydrogen-bond acceptors (Lipinski definition) is 5. The van der Waals surface area contributed by atoms with Crippen molar-refractivity contribution in [3.8, 4) is 0 Å². The van der Waals surface area contributed by atoms with Crippen LogP contribution in [0.1, 0.15) is 27.6 Å². The van der Waals surface area contributed by atoms with Crippen LogP contribution in [0.2, 0.25) is 0 Å². The molecule has 3 rings (SSSR count). The van der Waals surface area contributed by atoms with Crippen molar-refractivity contribution >= 4 is 29.1 Å². The maximum atomic E-state index is 13.0. The van der Waals surface area contributed by atoms with Crippen LogP contribution >= 0.6 is 0 Å². The van der Waals surface area contributed by atoms with Crippen LogP contribution in [0.5, 0.6) is 0 Å². The molecule has 0 aliphatic rings. The molecule has 0 atom stereocenters. The van der Waals surface area contributed by atoms with E-state index in [1.807, 2.05) is 0 Å². The van der Waals surface area contributed by atoms with Crippen molar-refractivity contribution in [2.75, 3.05) is 17.2 Å². The first-order valence-corrected chi connectivity index (χ1v) is 8.63. The van der Waals surface area contributed by atoms with Gasteiger partial charge in [0.15, 0.2) is 0 Å². The zero-order chi connectivity index (χ0) is 19.9. The van der Waals surface area contributed by atoms with Crippen molar-refractivity contribution in [3.05, 3.63) is 83.8 Å². The number of pyridine rings is 1. The van der Waals surface area contributed by atoms with Crippen LogP contribution in [0.3, 0.4) is 0 Å². The Bertz CT molecular complexity index is 990. The molecule has 0 fully saturated rings. The number of ether oxygens (including phenoxy) is 1. The molecular formula is C21H18FN3O3. The normalized spacial score (nSPS) is 10.2. The fourth-order valence-corrected chi connectivity index (χ4v) is 2.49. The minimum atomic E-state index is -0.448. The van der Waals surface area contributed by atoms with E-state index in [0.29, 0.717) is 28.3 Å². The molecule has 28 heavy (non-hydrogen) atoms. The number of benzene rings is 2. The van der Waals surface area contributed by atoms with Crippen molar-refractivity contribution in [1.29, 1.82) is 0 Å². The number of hydrogen-bond donors (Lipinski definition) is 2. The summed E-state index contributed by atoms with van der Waals surface area (Å²) in [5.41, 5.74) is 1.72. The van der Waals surface area contributed by atoms with E-state index in [2.05, 4.69) is 15.6 Å². The van der Waals surface area contributed by atoms with Crippen LogP contribution in [-0.4, -0.2) is 23.5 Å². The van der Waals surface area contributed by atoms with Gasteiger partial charge in [0.05, 0.1) is 17.9 Å². The lowest BCUT2D eigenvalue weighted by Gasteiger charge is -2.11. The summed E-state index contributed by atoms with van der Waals surface area (Å²) >= 11 is 0. The molecule has 7 heteroatoms. The molecule has 142 valence electrons. The second kappa shape index (κ2) is 8.77. The highest BCUT2D eigenvalue weighted by Crippen LogP contribution is 2.21. The fraction of sp³-hybridized carbons (Fsp3) is 0.0952. The summed E-state index contributed by atoms with van der Waals surface area (Å²) in [4.78, 5) is 28.7. The van der Waals surface area contributed by atoms with Crippen LogP contribution < -0.4 is 10.6 Å². The van der Waals surface area contributed by atoms with Gasteiger partial charge in [-0.2, -0.15) is 0 Å². The van der Waals surface area contributed by atoms with Crippen molar-refractivity contribution in [2.45, 2.75) is 6.92 Å². The molecule has 0 saturated heterocycles. The van der Waals surface area contributed by atoms with Gasteiger partial charge in [-0.25, -0.2) is 14.2 Å². The third-order valence-electron chi connectivity index (χ3n) is 3.81. The molecule has 0 aliphatic heterocycles. The molecule has 3 aromatic rings. The molecule has 2 aromatic carbocycles. The highest BCUT2D eigenvalue weighted by molar-refractivity contribution is 6.04. The van der Waals surface area contributed by atoms with Gasteiger partial charge in [-0.1, -0.05) is 12.1 Å². The van der Waals surface area contributed by atoms with Gasteiger partial charge in [0, 0.05) is 17.4 Å². The summed E-state index contributed by atoms with van der Waals surface area (Å²) in [7, 11) is 0. The molecule has 6 nitrogen and oxygen atoms in total.